The molecule has 1 atom stereocenters. The molecule has 82 valence electrons. The minimum absolute atomic E-state index is 0.0359. The van der Waals surface area contributed by atoms with Gasteiger partial charge in [0, 0.05) is 6.54 Å². The van der Waals surface area contributed by atoms with Crippen LogP contribution in [0.2, 0.25) is 4.34 Å². The first kappa shape index (κ1) is 10.9. The summed E-state index contributed by atoms with van der Waals surface area (Å²) in [6.07, 6.45) is 0.865. The minimum atomic E-state index is -0.0359. The molecule has 1 saturated heterocycles. The minimum Gasteiger partial charge on any atom is -0.309 e. The summed E-state index contributed by atoms with van der Waals surface area (Å²) < 4.78 is 0.769. The molecule has 1 aromatic rings. The molecule has 0 radical (unpaired) electrons. The van der Waals surface area contributed by atoms with Crippen molar-refractivity contribution < 1.29 is 4.79 Å². The maximum atomic E-state index is 11.9. The van der Waals surface area contributed by atoms with Gasteiger partial charge in [0.1, 0.15) is 0 Å². The fourth-order valence-electron chi connectivity index (χ4n) is 1.74. The Kier molecular flexibility index (Phi) is 3.00. The highest BCUT2D eigenvalue weighted by molar-refractivity contribution is 7.20. The van der Waals surface area contributed by atoms with Gasteiger partial charge in [-0.3, -0.25) is 4.79 Å². The second-order valence-electron chi connectivity index (χ2n) is 3.66. The largest absolute Gasteiger partial charge is 0.309 e. The van der Waals surface area contributed by atoms with Crippen LogP contribution in [0.15, 0.2) is 6.07 Å². The van der Waals surface area contributed by atoms with Crippen LogP contribution in [-0.2, 0) is 4.79 Å². The predicted molar refractivity (Wildman–Crippen MR) is 63.9 cm³/mol. The van der Waals surface area contributed by atoms with E-state index in [9.17, 15) is 4.79 Å². The van der Waals surface area contributed by atoms with Crippen molar-refractivity contribution in [2.45, 2.75) is 19.4 Å². The topological polar surface area (TPSA) is 32.3 Å². The third-order valence-corrected chi connectivity index (χ3v) is 4.24. The number of nitrogens with zero attached hydrogens (tertiary/aromatic N) is 1. The summed E-state index contributed by atoms with van der Waals surface area (Å²) >= 11 is 7.46. The Morgan fingerprint density at radius 3 is 2.87 bits per heavy atom. The molecule has 1 amide bonds. The summed E-state index contributed by atoms with van der Waals surface area (Å²) in [4.78, 5) is 13.7. The molecule has 0 bridgehead atoms. The summed E-state index contributed by atoms with van der Waals surface area (Å²) in [5, 5.41) is 3.97. The number of hydrogen-bond donors (Lipinski definition) is 1. The first-order chi connectivity index (χ1) is 7.13. The lowest BCUT2D eigenvalue weighted by atomic mass is 10.3. The maximum Gasteiger partial charge on any atom is 0.244 e. The Hall–Kier alpha value is -0.580. The smallest absolute Gasteiger partial charge is 0.244 e. The average Bonchev–Trinajstić information content (AvgIpc) is 2.71. The molecule has 2 heterocycles. The predicted octanol–water partition coefficient (Wildman–Crippen LogP) is 2.03. The normalized spacial score (nSPS) is 21.4. The number of nitrogens with one attached hydrogen (secondary N) is 1. The van der Waals surface area contributed by atoms with Crippen molar-refractivity contribution in [3.63, 3.8) is 0 Å². The van der Waals surface area contributed by atoms with Gasteiger partial charge in [0.15, 0.2) is 0 Å². The summed E-state index contributed by atoms with van der Waals surface area (Å²) in [5.41, 5.74) is 1.04. The van der Waals surface area contributed by atoms with Crippen LogP contribution in [0.4, 0.5) is 5.00 Å². The molecular weight excluding hydrogens is 232 g/mol. The molecular formula is C10H13ClN2OS. The van der Waals surface area contributed by atoms with E-state index >= 15 is 0 Å². The Labute approximate surface area is 98.0 Å². The standard InChI is InChI=1S/C10H13ClN2OS/c1-6-5-8(15-9(6)11)13-4-3-7(12-2)10(13)14/h5,7,12H,3-4H2,1-2H3. The Bertz CT molecular complexity index is 371. The van der Waals surface area contributed by atoms with Crippen molar-refractivity contribution in [3.05, 3.63) is 16.0 Å². The van der Waals surface area contributed by atoms with Crippen molar-refractivity contribution >= 4 is 33.8 Å². The van der Waals surface area contributed by atoms with E-state index in [2.05, 4.69) is 5.32 Å². The van der Waals surface area contributed by atoms with Crippen molar-refractivity contribution in [2.75, 3.05) is 18.5 Å². The molecule has 3 nitrogen and oxygen atoms in total. The second-order valence-corrected chi connectivity index (χ2v) is 5.29. The zero-order valence-corrected chi connectivity index (χ0v) is 10.3. The van der Waals surface area contributed by atoms with Gasteiger partial charge in [-0.1, -0.05) is 11.6 Å². The summed E-state index contributed by atoms with van der Waals surface area (Å²) in [5.74, 6) is 0.149. The fourth-order valence-corrected chi connectivity index (χ4v) is 2.97. The fraction of sp³-hybridized carbons (Fsp3) is 0.500. The van der Waals surface area contributed by atoms with Gasteiger partial charge < -0.3 is 10.2 Å². The van der Waals surface area contributed by atoms with E-state index in [-0.39, 0.29) is 11.9 Å². The quantitative estimate of drug-likeness (QED) is 0.864. The molecule has 1 fully saturated rings. The van der Waals surface area contributed by atoms with Crippen molar-refractivity contribution in [2.24, 2.45) is 0 Å². The van der Waals surface area contributed by atoms with Crippen molar-refractivity contribution in [3.8, 4) is 0 Å². The van der Waals surface area contributed by atoms with E-state index in [4.69, 9.17) is 11.6 Å². The molecule has 1 N–H and O–H groups in total. The lowest BCUT2D eigenvalue weighted by molar-refractivity contribution is -0.118. The monoisotopic (exact) mass is 244 g/mol. The highest BCUT2D eigenvalue weighted by Gasteiger charge is 2.32. The molecule has 0 spiro atoms. The number of rotatable bonds is 2. The number of likely N-dealkylation sites (N-methyl/N-ethyl adjacent to an activating group) is 1. The van der Waals surface area contributed by atoms with Crippen LogP contribution in [0.1, 0.15) is 12.0 Å². The van der Waals surface area contributed by atoms with Gasteiger partial charge in [-0.05, 0) is 32.0 Å². The lowest BCUT2D eigenvalue weighted by Crippen LogP contribution is -2.35. The van der Waals surface area contributed by atoms with Gasteiger partial charge in [-0.2, -0.15) is 0 Å². The molecule has 15 heavy (non-hydrogen) atoms. The van der Waals surface area contributed by atoms with Gasteiger partial charge in [0.25, 0.3) is 0 Å². The van der Waals surface area contributed by atoms with E-state index in [1.807, 2.05) is 24.9 Å². The molecule has 0 saturated carbocycles. The summed E-state index contributed by atoms with van der Waals surface area (Å²) in [7, 11) is 1.82. The third-order valence-electron chi connectivity index (χ3n) is 2.66. The van der Waals surface area contributed by atoms with Crippen LogP contribution in [0.25, 0.3) is 0 Å². The number of amides is 1. The molecule has 1 aromatic heterocycles. The molecule has 5 heteroatoms. The van der Waals surface area contributed by atoms with Crippen molar-refractivity contribution in [1.82, 2.24) is 5.32 Å². The molecule has 1 unspecified atom stereocenters. The number of thiophene rings is 1. The van der Waals surface area contributed by atoms with E-state index in [0.29, 0.717) is 0 Å². The Morgan fingerprint density at radius 2 is 2.40 bits per heavy atom. The summed E-state index contributed by atoms with van der Waals surface area (Å²) in [6, 6.07) is 1.94. The van der Waals surface area contributed by atoms with Crippen molar-refractivity contribution in [1.29, 1.82) is 0 Å². The van der Waals surface area contributed by atoms with Gasteiger partial charge in [-0.25, -0.2) is 0 Å². The number of carbonyl (C=O) groups is 1. The van der Waals surface area contributed by atoms with Gasteiger partial charge in [-0.15, -0.1) is 11.3 Å². The zero-order valence-electron chi connectivity index (χ0n) is 8.71. The van der Waals surface area contributed by atoms with Gasteiger partial charge >= 0.3 is 0 Å². The number of aryl methyl sites for hydroxylation is 1. The van der Waals surface area contributed by atoms with Gasteiger partial charge in [0.2, 0.25) is 5.91 Å². The molecule has 2 rings (SSSR count). The number of anilines is 1. The maximum absolute atomic E-state index is 11.9. The average molecular weight is 245 g/mol. The van der Waals surface area contributed by atoms with E-state index < -0.39 is 0 Å². The van der Waals surface area contributed by atoms with E-state index in [1.54, 1.807) is 0 Å². The van der Waals surface area contributed by atoms with Crippen LogP contribution in [0.3, 0.4) is 0 Å². The zero-order chi connectivity index (χ0) is 11.0. The highest BCUT2D eigenvalue weighted by Crippen LogP contribution is 2.35. The summed E-state index contributed by atoms with van der Waals surface area (Å²) in [6.45, 7) is 2.74. The van der Waals surface area contributed by atoms with Crippen LogP contribution < -0.4 is 10.2 Å². The molecule has 0 aliphatic carbocycles. The number of halogens is 1. The lowest BCUT2D eigenvalue weighted by Gasteiger charge is -2.13. The molecule has 1 aliphatic rings. The molecule has 1 aliphatic heterocycles. The first-order valence-electron chi connectivity index (χ1n) is 4.88. The SMILES string of the molecule is CNC1CCN(c2cc(C)c(Cl)s2)C1=O. The highest BCUT2D eigenvalue weighted by atomic mass is 35.5. The number of carbonyl (C=O) groups excluding carboxylic acids is 1. The first-order valence-corrected chi connectivity index (χ1v) is 6.07. The Morgan fingerprint density at radius 1 is 1.67 bits per heavy atom. The van der Waals surface area contributed by atoms with Crippen LogP contribution >= 0.6 is 22.9 Å². The molecule has 0 aromatic carbocycles. The van der Waals surface area contributed by atoms with E-state index in [1.165, 1.54) is 11.3 Å². The second kappa shape index (κ2) is 4.12. The van der Waals surface area contributed by atoms with Crippen LogP contribution in [0, 0.1) is 6.92 Å². The van der Waals surface area contributed by atoms with Gasteiger partial charge in [0.05, 0.1) is 15.4 Å². The Balaban J connectivity index is 2.22. The van der Waals surface area contributed by atoms with Crippen LogP contribution in [-0.4, -0.2) is 25.5 Å². The van der Waals surface area contributed by atoms with Crippen LogP contribution in [0.5, 0.6) is 0 Å². The third kappa shape index (κ3) is 1.89. The van der Waals surface area contributed by atoms with E-state index in [0.717, 1.165) is 27.9 Å². The number of hydrogen-bond acceptors (Lipinski definition) is 3.